The maximum Gasteiger partial charge on any atom is 0.220 e. The fourth-order valence-electron chi connectivity index (χ4n) is 3.81. The molecule has 30 heavy (non-hydrogen) atoms. The molecule has 4 aromatic rings. The Morgan fingerprint density at radius 2 is 1.87 bits per heavy atom. The molecule has 0 aliphatic carbocycles. The summed E-state index contributed by atoms with van der Waals surface area (Å²) in [6.07, 6.45) is 5.22. The molecule has 0 unspecified atom stereocenters. The number of aromatic nitrogens is 3. The topological polar surface area (TPSA) is 85.8 Å². The Bertz CT molecular complexity index is 1180. The largest absolute Gasteiger partial charge is 0.382 e. The van der Waals surface area contributed by atoms with Gasteiger partial charge in [0.2, 0.25) is 5.91 Å². The van der Waals surface area contributed by atoms with Gasteiger partial charge in [-0.05, 0) is 37.0 Å². The van der Waals surface area contributed by atoms with Crippen LogP contribution in [0, 0.1) is 6.92 Å². The molecule has 3 N–H and O–H groups in total. The Kier molecular flexibility index (Phi) is 5.93. The summed E-state index contributed by atoms with van der Waals surface area (Å²) in [5.74, 6) is 0.573. The van der Waals surface area contributed by atoms with Crippen LogP contribution < -0.4 is 11.1 Å². The third kappa shape index (κ3) is 4.27. The van der Waals surface area contributed by atoms with Gasteiger partial charge >= 0.3 is 0 Å². The first-order valence-corrected chi connectivity index (χ1v) is 10.4. The SMILES string of the molecule is Cc1ccccc1CNC(=O)CCCCCn1cnc2c(N)nc3ccccc3c21. The van der Waals surface area contributed by atoms with E-state index in [1.165, 1.54) is 11.1 Å². The van der Waals surface area contributed by atoms with Gasteiger partial charge in [-0.1, -0.05) is 48.9 Å². The van der Waals surface area contributed by atoms with Crippen molar-refractivity contribution in [2.75, 3.05) is 5.73 Å². The van der Waals surface area contributed by atoms with Crippen LogP contribution in [0.15, 0.2) is 54.9 Å². The molecule has 154 valence electrons. The van der Waals surface area contributed by atoms with Crippen LogP contribution in [-0.2, 0) is 17.9 Å². The van der Waals surface area contributed by atoms with E-state index in [-0.39, 0.29) is 5.91 Å². The van der Waals surface area contributed by atoms with Crippen LogP contribution in [0.1, 0.15) is 36.8 Å². The first kappa shape index (κ1) is 19.9. The lowest BCUT2D eigenvalue weighted by molar-refractivity contribution is -0.121. The summed E-state index contributed by atoms with van der Waals surface area (Å²) >= 11 is 0. The van der Waals surface area contributed by atoms with E-state index in [9.17, 15) is 4.79 Å². The van der Waals surface area contributed by atoms with E-state index >= 15 is 0 Å². The number of carbonyl (C=O) groups excluding carboxylic acids is 1. The third-order valence-corrected chi connectivity index (χ3v) is 5.52. The molecule has 0 saturated carbocycles. The number of nitrogen functional groups attached to an aromatic ring is 1. The van der Waals surface area contributed by atoms with Crippen molar-refractivity contribution >= 4 is 33.7 Å². The average molecular weight is 402 g/mol. The number of pyridine rings is 1. The van der Waals surface area contributed by atoms with Gasteiger partial charge < -0.3 is 15.6 Å². The predicted octanol–water partition coefficient (Wildman–Crippen LogP) is 4.35. The zero-order valence-corrected chi connectivity index (χ0v) is 17.3. The van der Waals surface area contributed by atoms with Crippen molar-refractivity contribution in [3.63, 3.8) is 0 Å². The molecular formula is C24H27N5O. The molecule has 6 nitrogen and oxygen atoms in total. The number of rotatable bonds is 8. The van der Waals surface area contributed by atoms with Crippen LogP contribution in [0.25, 0.3) is 21.9 Å². The molecule has 2 heterocycles. The summed E-state index contributed by atoms with van der Waals surface area (Å²) in [6.45, 7) is 3.50. The Balaban J connectivity index is 1.28. The summed E-state index contributed by atoms with van der Waals surface area (Å²) in [7, 11) is 0. The number of nitrogens with one attached hydrogen (secondary N) is 1. The number of benzene rings is 2. The molecule has 0 aliphatic rings. The molecule has 1 amide bonds. The quantitative estimate of drug-likeness (QED) is 0.430. The zero-order chi connectivity index (χ0) is 20.9. The lowest BCUT2D eigenvalue weighted by Crippen LogP contribution is -2.22. The number of amides is 1. The summed E-state index contributed by atoms with van der Waals surface area (Å²) in [6, 6.07) is 16.1. The summed E-state index contributed by atoms with van der Waals surface area (Å²) < 4.78 is 2.15. The molecular weight excluding hydrogens is 374 g/mol. The van der Waals surface area contributed by atoms with E-state index in [2.05, 4.69) is 45.0 Å². The van der Waals surface area contributed by atoms with Crippen molar-refractivity contribution in [3.05, 3.63) is 66.0 Å². The molecule has 0 saturated heterocycles. The monoisotopic (exact) mass is 401 g/mol. The average Bonchev–Trinajstić information content (AvgIpc) is 3.18. The highest BCUT2D eigenvalue weighted by molar-refractivity contribution is 6.06. The maximum atomic E-state index is 12.1. The first-order chi connectivity index (χ1) is 14.6. The number of hydrogen-bond donors (Lipinski definition) is 2. The van der Waals surface area contributed by atoms with Crippen LogP contribution in [0.3, 0.4) is 0 Å². The van der Waals surface area contributed by atoms with Crippen LogP contribution in [0.2, 0.25) is 0 Å². The normalized spacial score (nSPS) is 11.2. The van der Waals surface area contributed by atoms with E-state index in [0.717, 1.165) is 47.7 Å². The summed E-state index contributed by atoms with van der Waals surface area (Å²) in [5, 5.41) is 4.08. The van der Waals surface area contributed by atoms with Crippen molar-refractivity contribution in [2.24, 2.45) is 0 Å². The Hall–Kier alpha value is -3.41. The molecule has 0 radical (unpaired) electrons. The number of aryl methyl sites for hydroxylation is 2. The number of hydrogen-bond acceptors (Lipinski definition) is 4. The number of nitrogens with two attached hydrogens (primary N) is 1. The van der Waals surface area contributed by atoms with Crippen LogP contribution in [0.4, 0.5) is 5.82 Å². The van der Waals surface area contributed by atoms with Gasteiger partial charge in [0.15, 0.2) is 5.82 Å². The van der Waals surface area contributed by atoms with Crippen LogP contribution in [-0.4, -0.2) is 20.4 Å². The van der Waals surface area contributed by atoms with Crippen molar-refractivity contribution in [3.8, 4) is 0 Å². The number of nitrogens with zero attached hydrogens (tertiary/aromatic N) is 3. The fourth-order valence-corrected chi connectivity index (χ4v) is 3.81. The number of carbonyl (C=O) groups is 1. The molecule has 0 bridgehead atoms. The number of unbranched alkanes of at least 4 members (excludes halogenated alkanes) is 2. The van der Waals surface area contributed by atoms with Crippen molar-refractivity contribution in [2.45, 2.75) is 45.7 Å². The number of anilines is 1. The summed E-state index contributed by atoms with van der Waals surface area (Å²) in [5.41, 5.74) is 11.1. The lowest BCUT2D eigenvalue weighted by Gasteiger charge is -2.09. The first-order valence-electron chi connectivity index (χ1n) is 10.4. The van der Waals surface area contributed by atoms with E-state index < -0.39 is 0 Å². The second kappa shape index (κ2) is 8.95. The molecule has 0 fully saturated rings. The fraction of sp³-hybridized carbons (Fsp3) is 0.292. The minimum Gasteiger partial charge on any atom is -0.382 e. The molecule has 4 rings (SSSR count). The maximum absolute atomic E-state index is 12.1. The minimum absolute atomic E-state index is 0.108. The standard InChI is InChI=1S/C24H27N5O/c1-17-9-4-5-10-18(17)15-26-21(30)13-3-2-8-14-29-16-27-22-23(29)19-11-6-7-12-20(19)28-24(22)25/h4-7,9-12,16H,2-3,8,13-15H2,1H3,(H2,25,28)(H,26,30). The third-order valence-electron chi connectivity index (χ3n) is 5.52. The van der Waals surface area contributed by atoms with Gasteiger partial charge in [-0.25, -0.2) is 9.97 Å². The van der Waals surface area contributed by atoms with Gasteiger partial charge in [-0.15, -0.1) is 0 Å². The Morgan fingerprint density at radius 1 is 1.07 bits per heavy atom. The second-order valence-corrected chi connectivity index (χ2v) is 7.66. The van der Waals surface area contributed by atoms with Crippen molar-refractivity contribution < 1.29 is 4.79 Å². The Labute approximate surface area is 176 Å². The predicted molar refractivity (Wildman–Crippen MR) is 121 cm³/mol. The minimum atomic E-state index is 0.108. The molecule has 2 aromatic carbocycles. The van der Waals surface area contributed by atoms with Gasteiger partial charge in [-0.3, -0.25) is 4.79 Å². The van der Waals surface area contributed by atoms with Crippen molar-refractivity contribution in [1.82, 2.24) is 19.9 Å². The number of imidazole rings is 1. The van der Waals surface area contributed by atoms with E-state index in [1.54, 1.807) is 0 Å². The second-order valence-electron chi connectivity index (χ2n) is 7.66. The number of para-hydroxylation sites is 1. The van der Waals surface area contributed by atoms with E-state index in [0.29, 0.717) is 18.8 Å². The van der Waals surface area contributed by atoms with Gasteiger partial charge in [0, 0.05) is 24.9 Å². The zero-order valence-electron chi connectivity index (χ0n) is 17.3. The molecule has 0 atom stereocenters. The van der Waals surface area contributed by atoms with Crippen molar-refractivity contribution in [1.29, 1.82) is 0 Å². The highest BCUT2D eigenvalue weighted by atomic mass is 16.1. The Morgan fingerprint density at radius 3 is 2.73 bits per heavy atom. The van der Waals surface area contributed by atoms with Gasteiger partial charge in [0.25, 0.3) is 0 Å². The molecule has 0 spiro atoms. The van der Waals surface area contributed by atoms with Gasteiger partial charge in [-0.2, -0.15) is 0 Å². The smallest absolute Gasteiger partial charge is 0.220 e. The van der Waals surface area contributed by atoms with E-state index in [4.69, 9.17) is 5.73 Å². The summed E-state index contributed by atoms with van der Waals surface area (Å²) in [4.78, 5) is 21.0. The lowest BCUT2D eigenvalue weighted by atomic mass is 10.1. The molecule has 0 aliphatic heterocycles. The highest BCUT2D eigenvalue weighted by Gasteiger charge is 2.12. The van der Waals surface area contributed by atoms with Gasteiger partial charge in [0.1, 0.15) is 5.52 Å². The highest BCUT2D eigenvalue weighted by Crippen LogP contribution is 2.27. The molecule has 2 aromatic heterocycles. The van der Waals surface area contributed by atoms with Crippen LogP contribution in [0.5, 0.6) is 0 Å². The van der Waals surface area contributed by atoms with Gasteiger partial charge in [0.05, 0.1) is 17.4 Å². The van der Waals surface area contributed by atoms with E-state index in [1.807, 2.05) is 36.7 Å². The number of fused-ring (bicyclic) bond motifs is 3. The molecule has 6 heteroatoms. The van der Waals surface area contributed by atoms with Crippen LogP contribution >= 0.6 is 0 Å².